The van der Waals surface area contributed by atoms with Crippen molar-refractivity contribution in [3.63, 3.8) is 0 Å². The standard InChI is InChI=1S/C22H22N2O6/c1-27-17-9-8-14-18(19(17)28-2)22(26)30-20(14)24-16(21(25)29-3)10-12-11-23-15-7-5-4-6-13(12)15/h4-9,11,16,20,23-24H,10H2,1-3H3/p+1/t16-,20-/m0/s1. The molecule has 0 radical (unpaired) electrons. The SMILES string of the molecule is COC(=O)[C@H](Cc1c[nH]c2ccccc12)[NH2+][C@H]1OC(=O)c2c1ccc(OC)c2OC. The highest BCUT2D eigenvalue weighted by Gasteiger charge is 2.41. The molecule has 0 fully saturated rings. The number of nitrogens with one attached hydrogen (secondary N) is 1. The molecule has 3 N–H and O–H groups in total. The van der Waals surface area contributed by atoms with E-state index >= 15 is 0 Å². The number of carbonyl (C=O) groups excluding carboxylic acids is 2. The highest BCUT2D eigenvalue weighted by Crippen LogP contribution is 2.39. The van der Waals surface area contributed by atoms with Crippen LogP contribution < -0.4 is 14.8 Å². The zero-order valence-electron chi connectivity index (χ0n) is 16.9. The summed E-state index contributed by atoms with van der Waals surface area (Å²) in [7, 11) is 4.32. The summed E-state index contributed by atoms with van der Waals surface area (Å²) in [6.07, 6.45) is 1.60. The topological polar surface area (TPSA) is 103 Å². The minimum absolute atomic E-state index is 0.314. The molecule has 2 atom stereocenters. The third kappa shape index (κ3) is 3.35. The van der Waals surface area contributed by atoms with Crippen LogP contribution in [0.25, 0.3) is 10.9 Å². The Morgan fingerprint density at radius 2 is 1.97 bits per heavy atom. The number of H-pyrrole nitrogens is 1. The number of para-hydroxylation sites is 1. The lowest BCUT2D eigenvalue weighted by Gasteiger charge is -2.17. The van der Waals surface area contributed by atoms with Gasteiger partial charge in [0.15, 0.2) is 17.5 Å². The van der Waals surface area contributed by atoms with Crippen molar-refractivity contribution < 1.29 is 33.9 Å². The van der Waals surface area contributed by atoms with Crippen molar-refractivity contribution in [3.05, 3.63) is 59.3 Å². The number of cyclic esters (lactones) is 1. The van der Waals surface area contributed by atoms with Gasteiger partial charge in [-0.3, -0.25) is 5.32 Å². The van der Waals surface area contributed by atoms with Gasteiger partial charge in [-0.05, 0) is 23.8 Å². The van der Waals surface area contributed by atoms with Gasteiger partial charge in [-0.1, -0.05) is 18.2 Å². The third-order valence-electron chi connectivity index (χ3n) is 5.35. The molecule has 0 unspecified atom stereocenters. The predicted molar refractivity (Wildman–Crippen MR) is 107 cm³/mol. The Morgan fingerprint density at radius 1 is 1.17 bits per heavy atom. The van der Waals surface area contributed by atoms with E-state index < -0.39 is 24.2 Å². The second-order valence-electron chi connectivity index (χ2n) is 6.98. The lowest BCUT2D eigenvalue weighted by atomic mass is 10.0. The van der Waals surface area contributed by atoms with Gasteiger partial charge in [0.1, 0.15) is 5.56 Å². The summed E-state index contributed by atoms with van der Waals surface area (Å²) < 4.78 is 21.2. The van der Waals surface area contributed by atoms with Gasteiger partial charge < -0.3 is 23.9 Å². The molecule has 0 aliphatic carbocycles. The molecular formula is C22H23N2O6+. The summed E-state index contributed by atoms with van der Waals surface area (Å²) in [5.41, 5.74) is 2.92. The molecule has 3 aromatic rings. The minimum atomic E-state index is -0.693. The van der Waals surface area contributed by atoms with E-state index in [9.17, 15) is 9.59 Å². The second kappa shape index (κ2) is 8.08. The van der Waals surface area contributed by atoms with Crippen molar-refractivity contribution >= 4 is 22.8 Å². The average molecular weight is 411 g/mol. The van der Waals surface area contributed by atoms with Gasteiger partial charge in [0.25, 0.3) is 6.23 Å². The number of methoxy groups -OCH3 is 3. The molecule has 0 spiro atoms. The summed E-state index contributed by atoms with van der Waals surface area (Å²) in [6, 6.07) is 10.7. The van der Waals surface area contributed by atoms with Crippen LogP contribution in [0, 0.1) is 0 Å². The minimum Gasteiger partial charge on any atom is -0.493 e. The number of fused-ring (bicyclic) bond motifs is 2. The Morgan fingerprint density at radius 3 is 2.70 bits per heavy atom. The zero-order valence-corrected chi connectivity index (χ0v) is 16.9. The van der Waals surface area contributed by atoms with E-state index in [2.05, 4.69) is 4.98 Å². The van der Waals surface area contributed by atoms with Gasteiger partial charge in [-0.15, -0.1) is 0 Å². The van der Waals surface area contributed by atoms with Crippen LogP contribution in [0.1, 0.15) is 27.7 Å². The van der Waals surface area contributed by atoms with Gasteiger partial charge in [-0.2, -0.15) is 0 Å². The van der Waals surface area contributed by atoms with Gasteiger partial charge in [-0.25, -0.2) is 9.59 Å². The first-order valence-corrected chi connectivity index (χ1v) is 9.51. The fourth-order valence-electron chi connectivity index (χ4n) is 3.90. The number of nitrogens with two attached hydrogens (primary N) is 1. The number of esters is 2. The van der Waals surface area contributed by atoms with Gasteiger partial charge in [0.2, 0.25) is 0 Å². The third-order valence-corrected chi connectivity index (χ3v) is 5.35. The molecule has 0 amide bonds. The number of hydrogen-bond acceptors (Lipinski definition) is 6. The van der Waals surface area contributed by atoms with Crippen molar-refractivity contribution in [2.45, 2.75) is 18.7 Å². The number of hydrogen-bond donors (Lipinski definition) is 2. The number of rotatable bonds is 7. The average Bonchev–Trinajstić information content (AvgIpc) is 3.33. The fraction of sp³-hybridized carbons (Fsp3) is 0.273. The van der Waals surface area contributed by atoms with E-state index in [0.717, 1.165) is 16.5 Å². The Balaban J connectivity index is 1.64. The normalized spacial score (nSPS) is 16.1. The van der Waals surface area contributed by atoms with Crippen LogP contribution in [0.4, 0.5) is 0 Å². The van der Waals surface area contributed by atoms with Crippen LogP contribution in [0.15, 0.2) is 42.6 Å². The van der Waals surface area contributed by atoms with E-state index in [1.54, 1.807) is 17.4 Å². The Bertz CT molecular complexity index is 1110. The first kappa shape index (κ1) is 19.8. The molecule has 8 heteroatoms. The highest BCUT2D eigenvalue weighted by atomic mass is 16.6. The summed E-state index contributed by atoms with van der Waals surface area (Å²) in [5, 5.41) is 2.75. The van der Waals surface area contributed by atoms with Crippen molar-refractivity contribution in [2.24, 2.45) is 0 Å². The number of quaternary nitrogens is 1. The van der Waals surface area contributed by atoms with Gasteiger partial charge in [0.05, 0.1) is 26.9 Å². The first-order chi connectivity index (χ1) is 14.6. The smallest absolute Gasteiger partial charge is 0.365 e. The molecule has 30 heavy (non-hydrogen) atoms. The van der Waals surface area contributed by atoms with Gasteiger partial charge in [0, 0.05) is 23.5 Å². The summed E-state index contributed by atoms with van der Waals surface area (Å²) in [4.78, 5) is 28.3. The van der Waals surface area contributed by atoms with Crippen LogP contribution >= 0.6 is 0 Å². The number of aromatic nitrogens is 1. The van der Waals surface area contributed by atoms with Crippen LogP contribution in [0.2, 0.25) is 0 Å². The van der Waals surface area contributed by atoms with Crippen LogP contribution in [-0.4, -0.2) is 44.3 Å². The molecule has 2 heterocycles. The largest absolute Gasteiger partial charge is 0.493 e. The fourth-order valence-corrected chi connectivity index (χ4v) is 3.90. The lowest BCUT2D eigenvalue weighted by molar-refractivity contribution is -0.746. The molecule has 8 nitrogen and oxygen atoms in total. The van der Waals surface area contributed by atoms with E-state index in [-0.39, 0.29) is 0 Å². The van der Waals surface area contributed by atoms with Gasteiger partial charge >= 0.3 is 11.9 Å². The first-order valence-electron chi connectivity index (χ1n) is 9.51. The van der Waals surface area contributed by atoms with Crippen molar-refractivity contribution in [1.82, 2.24) is 4.98 Å². The highest BCUT2D eigenvalue weighted by molar-refractivity contribution is 5.97. The number of carbonyl (C=O) groups is 2. The van der Waals surface area contributed by atoms with E-state index in [4.69, 9.17) is 18.9 Å². The van der Waals surface area contributed by atoms with Crippen LogP contribution in [-0.2, 0) is 20.7 Å². The Labute approximate surface area is 173 Å². The van der Waals surface area contributed by atoms with E-state index in [1.165, 1.54) is 21.3 Å². The lowest BCUT2D eigenvalue weighted by Crippen LogP contribution is -2.93. The van der Waals surface area contributed by atoms with Crippen molar-refractivity contribution in [2.75, 3.05) is 21.3 Å². The maximum Gasteiger partial charge on any atom is 0.365 e. The molecule has 0 bridgehead atoms. The Kier molecular flexibility index (Phi) is 5.33. The zero-order chi connectivity index (χ0) is 21.3. The predicted octanol–water partition coefficient (Wildman–Crippen LogP) is 1.70. The molecule has 0 saturated heterocycles. The number of aromatic amines is 1. The summed E-state index contributed by atoms with van der Waals surface area (Å²) >= 11 is 0. The molecule has 0 saturated carbocycles. The molecule has 1 aliphatic heterocycles. The summed E-state index contributed by atoms with van der Waals surface area (Å²) in [6.45, 7) is 0. The number of benzene rings is 2. The monoisotopic (exact) mass is 411 g/mol. The van der Waals surface area contributed by atoms with Crippen molar-refractivity contribution in [1.29, 1.82) is 0 Å². The molecule has 1 aliphatic rings. The van der Waals surface area contributed by atoms with E-state index in [1.807, 2.05) is 30.5 Å². The summed E-state index contributed by atoms with van der Waals surface area (Å²) in [5.74, 6) is -0.151. The molecule has 1 aromatic heterocycles. The number of ether oxygens (including phenoxy) is 4. The maximum absolute atomic E-state index is 12.5. The molecule has 2 aromatic carbocycles. The van der Waals surface area contributed by atoms with Crippen LogP contribution in [0.3, 0.4) is 0 Å². The van der Waals surface area contributed by atoms with Crippen molar-refractivity contribution in [3.8, 4) is 11.5 Å². The molecule has 4 rings (SSSR count). The molecule has 156 valence electrons. The van der Waals surface area contributed by atoms with E-state index in [0.29, 0.717) is 29.0 Å². The molecular weight excluding hydrogens is 388 g/mol. The maximum atomic E-state index is 12.5. The second-order valence-corrected chi connectivity index (χ2v) is 6.98. The van der Waals surface area contributed by atoms with Crippen LogP contribution in [0.5, 0.6) is 11.5 Å². The Hall–Kier alpha value is -3.52. The quantitative estimate of drug-likeness (QED) is 0.574.